The maximum Gasteiger partial charge on any atom is 0.339 e. The van der Waals surface area contributed by atoms with Gasteiger partial charge >= 0.3 is 5.97 Å². The van der Waals surface area contributed by atoms with Crippen LogP contribution in [0.4, 0.5) is 5.69 Å². The van der Waals surface area contributed by atoms with Gasteiger partial charge in [-0.2, -0.15) is 0 Å². The minimum Gasteiger partial charge on any atom is -0.496 e. The number of nitrogens with one attached hydrogen (secondary N) is 1. The highest BCUT2D eigenvalue weighted by atomic mass is 79.9. The smallest absolute Gasteiger partial charge is 0.339 e. The fraction of sp³-hybridized carbons (Fsp3) is 0.133. The predicted octanol–water partition coefficient (Wildman–Crippen LogP) is 3.92. The second-order valence-corrected chi connectivity index (χ2v) is 7.79. The molecule has 6 nitrogen and oxygen atoms in total. The lowest BCUT2D eigenvalue weighted by molar-refractivity contribution is 0.0693. The third-order valence-electron chi connectivity index (χ3n) is 3.22. The first-order valence-electron chi connectivity index (χ1n) is 6.55. The Kier molecular flexibility index (Phi) is 5.42. The molecular weight excluding hydrogens is 422 g/mol. The molecule has 0 spiro atoms. The number of aromatic carboxylic acids is 1. The summed E-state index contributed by atoms with van der Waals surface area (Å²) in [6.45, 7) is 1.72. The Morgan fingerprint density at radius 2 is 1.96 bits per heavy atom. The van der Waals surface area contributed by atoms with Crippen molar-refractivity contribution in [1.29, 1.82) is 0 Å². The average Bonchev–Trinajstić information content (AvgIpc) is 2.49. The maximum atomic E-state index is 12.6. The Balaban J connectivity index is 2.55. The van der Waals surface area contributed by atoms with Gasteiger partial charge in [-0.3, -0.25) is 4.72 Å². The maximum absolute atomic E-state index is 12.6. The molecule has 2 rings (SSSR count). The van der Waals surface area contributed by atoms with Crippen LogP contribution in [-0.4, -0.2) is 26.6 Å². The van der Waals surface area contributed by atoms with E-state index in [-0.39, 0.29) is 20.7 Å². The van der Waals surface area contributed by atoms with Crippen LogP contribution in [0.3, 0.4) is 0 Å². The summed E-state index contributed by atoms with van der Waals surface area (Å²) in [7, 11) is -2.74. The van der Waals surface area contributed by atoms with E-state index in [1.807, 2.05) is 0 Å². The van der Waals surface area contributed by atoms with Gasteiger partial charge < -0.3 is 9.84 Å². The van der Waals surface area contributed by atoms with Crippen LogP contribution in [0.25, 0.3) is 0 Å². The molecule has 2 aromatic rings. The fourth-order valence-corrected chi connectivity index (χ4v) is 4.32. The Bertz CT molecular complexity index is 914. The van der Waals surface area contributed by atoms with E-state index < -0.39 is 16.0 Å². The van der Waals surface area contributed by atoms with Crippen LogP contribution in [-0.2, 0) is 10.0 Å². The molecule has 0 aromatic heterocycles. The van der Waals surface area contributed by atoms with E-state index in [0.29, 0.717) is 16.3 Å². The fourth-order valence-electron chi connectivity index (χ4n) is 1.98. The summed E-state index contributed by atoms with van der Waals surface area (Å²) >= 11 is 9.03. The third kappa shape index (κ3) is 3.82. The van der Waals surface area contributed by atoms with Gasteiger partial charge in [0.15, 0.2) is 0 Å². The Labute approximate surface area is 152 Å². The van der Waals surface area contributed by atoms with Gasteiger partial charge in [-0.15, -0.1) is 0 Å². The van der Waals surface area contributed by atoms with E-state index >= 15 is 0 Å². The zero-order valence-electron chi connectivity index (χ0n) is 12.6. The molecule has 24 heavy (non-hydrogen) atoms. The number of sulfonamides is 1. The van der Waals surface area contributed by atoms with Crippen LogP contribution in [0.1, 0.15) is 15.9 Å². The first-order chi connectivity index (χ1) is 11.2. The highest BCUT2D eigenvalue weighted by molar-refractivity contribution is 9.10. The number of aryl methyl sites for hydroxylation is 1. The van der Waals surface area contributed by atoms with Gasteiger partial charge in [0.05, 0.1) is 12.8 Å². The molecule has 0 aliphatic heterocycles. The average molecular weight is 435 g/mol. The van der Waals surface area contributed by atoms with Crippen LogP contribution in [0.5, 0.6) is 5.75 Å². The molecule has 0 amide bonds. The first kappa shape index (κ1) is 18.6. The zero-order chi connectivity index (χ0) is 18.1. The van der Waals surface area contributed by atoms with Gasteiger partial charge in [-0.25, -0.2) is 13.2 Å². The largest absolute Gasteiger partial charge is 0.496 e. The number of carboxylic acids is 1. The number of benzene rings is 2. The van der Waals surface area contributed by atoms with Gasteiger partial charge in [-0.05, 0) is 52.7 Å². The van der Waals surface area contributed by atoms with E-state index in [4.69, 9.17) is 16.3 Å². The standard InChI is InChI=1S/C15H13BrClNO5S/c1-8-3-4-9(17)5-12(8)18-24(21,22)14-6-10(15(19)20)13(23-2)7-11(14)16/h3-7,18H,1-2H3,(H,19,20). The number of hydrogen-bond donors (Lipinski definition) is 2. The van der Waals surface area contributed by atoms with E-state index in [2.05, 4.69) is 20.7 Å². The van der Waals surface area contributed by atoms with Crippen LogP contribution in [0.2, 0.25) is 5.02 Å². The summed E-state index contributed by atoms with van der Waals surface area (Å²) in [6, 6.07) is 7.12. The van der Waals surface area contributed by atoms with Crippen molar-refractivity contribution >= 4 is 49.2 Å². The number of methoxy groups -OCH3 is 1. The molecular formula is C15H13BrClNO5S. The van der Waals surface area contributed by atoms with Crippen molar-refractivity contribution in [3.63, 3.8) is 0 Å². The van der Waals surface area contributed by atoms with Gasteiger partial charge in [-0.1, -0.05) is 17.7 Å². The lowest BCUT2D eigenvalue weighted by Crippen LogP contribution is -2.15. The van der Waals surface area contributed by atoms with Crippen molar-refractivity contribution in [2.75, 3.05) is 11.8 Å². The van der Waals surface area contributed by atoms with Crippen molar-refractivity contribution in [2.24, 2.45) is 0 Å². The van der Waals surface area contributed by atoms with E-state index in [1.165, 1.54) is 19.2 Å². The van der Waals surface area contributed by atoms with Gasteiger partial charge in [0.1, 0.15) is 16.2 Å². The molecule has 0 atom stereocenters. The predicted molar refractivity (Wildman–Crippen MR) is 94.7 cm³/mol. The second-order valence-electron chi connectivity index (χ2n) is 4.85. The van der Waals surface area contributed by atoms with Crippen LogP contribution in [0.15, 0.2) is 39.7 Å². The molecule has 0 saturated carbocycles. The quantitative estimate of drug-likeness (QED) is 0.744. The van der Waals surface area contributed by atoms with Crippen molar-refractivity contribution in [3.8, 4) is 5.75 Å². The van der Waals surface area contributed by atoms with Crippen LogP contribution >= 0.6 is 27.5 Å². The van der Waals surface area contributed by atoms with Crippen molar-refractivity contribution < 1.29 is 23.1 Å². The summed E-state index contributed by atoms with van der Waals surface area (Å²) in [5.41, 5.74) is 0.719. The molecule has 0 fully saturated rings. The zero-order valence-corrected chi connectivity index (χ0v) is 15.8. The number of hydrogen-bond acceptors (Lipinski definition) is 4. The molecule has 0 radical (unpaired) electrons. The molecule has 0 heterocycles. The lowest BCUT2D eigenvalue weighted by atomic mass is 10.2. The van der Waals surface area contributed by atoms with E-state index in [9.17, 15) is 18.3 Å². The molecule has 128 valence electrons. The highest BCUT2D eigenvalue weighted by Gasteiger charge is 2.24. The molecule has 0 unspecified atom stereocenters. The Morgan fingerprint density at radius 3 is 2.54 bits per heavy atom. The summed E-state index contributed by atoms with van der Waals surface area (Å²) in [6.07, 6.45) is 0. The summed E-state index contributed by atoms with van der Waals surface area (Å²) in [5.74, 6) is -1.25. The molecule has 0 bridgehead atoms. The molecule has 2 aromatic carbocycles. The number of rotatable bonds is 5. The van der Waals surface area contributed by atoms with Crippen molar-refractivity contribution in [2.45, 2.75) is 11.8 Å². The Morgan fingerprint density at radius 1 is 1.29 bits per heavy atom. The minimum absolute atomic E-state index is 0.0484. The van der Waals surface area contributed by atoms with Gasteiger partial charge in [0.2, 0.25) is 0 Å². The lowest BCUT2D eigenvalue weighted by Gasteiger charge is -2.14. The number of anilines is 1. The molecule has 0 saturated heterocycles. The summed E-state index contributed by atoms with van der Waals surface area (Å²) in [4.78, 5) is 11.1. The normalized spacial score (nSPS) is 11.2. The number of carbonyl (C=O) groups is 1. The minimum atomic E-state index is -4.04. The van der Waals surface area contributed by atoms with Crippen molar-refractivity contribution in [1.82, 2.24) is 0 Å². The number of halogens is 2. The van der Waals surface area contributed by atoms with Gasteiger partial charge in [0, 0.05) is 9.50 Å². The highest BCUT2D eigenvalue weighted by Crippen LogP contribution is 2.32. The summed E-state index contributed by atoms with van der Waals surface area (Å²) in [5, 5.41) is 9.59. The van der Waals surface area contributed by atoms with E-state index in [0.717, 1.165) is 6.07 Å². The molecule has 2 N–H and O–H groups in total. The Hall–Kier alpha value is -1.77. The van der Waals surface area contributed by atoms with Crippen LogP contribution < -0.4 is 9.46 Å². The third-order valence-corrected chi connectivity index (χ3v) is 5.78. The SMILES string of the molecule is COc1cc(Br)c(S(=O)(=O)Nc2cc(Cl)ccc2C)cc1C(=O)O. The molecule has 9 heteroatoms. The topological polar surface area (TPSA) is 92.7 Å². The van der Waals surface area contributed by atoms with Crippen LogP contribution in [0, 0.1) is 6.92 Å². The first-order valence-corrected chi connectivity index (χ1v) is 9.21. The second kappa shape index (κ2) is 7.00. The number of carboxylic acid groups (broad SMARTS) is 1. The van der Waals surface area contributed by atoms with E-state index in [1.54, 1.807) is 19.1 Å². The summed E-state index contributed by atoms with van der Waals surface area (Å²) < 4.78 is 32.8. The number of ether oxygens (including phenoxy) is 1. The molecule has 0 aliphatic carbocycles. The monoisotopic (exact) mass is 433 g/mol. The van der Waals surface area contributed by atoms with Crippen molar-refractivity contribution in [3.05, 3.63) is 51.0 Å². The molecule has 0 aliphatic rings. The van der Waals surface area contributed by atoms with Gasteiger partial charge in [0.25, 0.3) is 10.0 Å².